The van der Waals surface area contributed by atoms with Crippen LogP contribution in [0.2, 0.25) is 0 Å². The lowest BCUT2D eigenvalue weighted by Gasteiger charge is -2.26. The molecule has 0 bridgehead atoms. The van der Waals surface area contributed by atoms with Crippen molar-refractivity contribution in [3.05, 3.63) is 56.1 Å². The van der Waals surface area contributed by atoms with E-state index in [2.05, 4.69) is 15.1 Å². The maximum absolute atomic E-state index is 13.0. The monoisotopic (exact) mass is 426 g/mol. The summed E-state index contributed by atoms with van der Waals surface area (Å²) in [5.41, 5.74) is 1.37. The maximum atomic E-state index is 13.0. The largest absolute Gasteiger partial charge is 0.497 e. The molecule has 156 valence electrons. The van der Waals surface area contributed by atoms with Gasteiger partial charge in [0.15, 0.2) is 5.82 Å². The van der Waals surface area contributed by atoms with Crippen LogP contribution in [-0.2, 0) is 4.74 Å². The molecule has 30 heavy (non-hydrogen) atoms. The van der Waals surface area contributed by atoms with Crippen molar-refractivity contribution in [3.8, 4) is 5.75 Å². The van der Waals surface area contributed by atoms with E-state index in [4.69, 9.17) is 9.47 Å². The van der Waals surface area contributed by atoms with E-state index in [0.29, 0.717) is 41.4 Å². The number of ether oxygens (including phenoxy) is 2. The SMILES string of the molecule is COc1ccc2cc(C3SC(C)=Nc4c3c(=O)[nH]n4C3CCOCC3)c(=O)[nH]c2c1. The number of aromatic amines is 2. The van der Waals surface area contributed by atoms with Crippen LogP contribution in [0.4, 0.5) is 5.82 Å². The minimum absolute atomic E-state index is 0.137. The summed E-state index contributed by atoms with van der Waals surface area (Å²) in [7, 11) is 1.59. The molecule has 1 saturated heterocycles. The predicted octanol–water partition coefficient (Wildman–Crippen LogP) is 3.26. The number of thioether (sulfide) groups is 1. The number of fused-ring (bicyclic) bond motifs is 2. The van der Waals surface area contributed by atoms with Crippen molar-refractivity contribution >= 4 is 33.5 Å². The summed E-state index contributed by atoms with van der Waals surface area (Å²) in [4.78, 5) is 33.6. The van der Waals surface area contributed by atoms with Gasteiger partial charge in [-0.2, -0.15) is 0 Å². The van der Waals surface area contributed by atoms with E-state index in [0.717, 1.165) is 23.3 Å². The topological polar surface area (TPSA) is 101 Å². The number of hydrogen-bond donors (Lipinski definition) is 2. The summed E-state index contributed by atoms with van der Waals surface area (Å²) < 4.78 is 12.6. The molecule has 2 aliphatic heterocycles. The third-order valence-electron chi connectivity index (χ3n) is 5.67. The summed E-state index contributed by atoms with van der Waals surface area (Å²) in [5.74, 6) is 1.30. The Morgan fingerprint density at radius 1 is 1.20 bits per heavy atom. The molecule has 2 aromatic heterocycles. The van der Waals surface area contributed by atoms with Crippen LogP contribution in [0.15, 0.2) is 38.8 Å². The molecule has 2 aliphatic rings. The van der Waals surface area contributed by atoms with Crippen molar-refractivity contribution < 1.29 is 9.47 Å². The van der Waals surface area contributed by atoms with Crippen molar-refractivity contribution in [1.29, 1.82) is 0 Å². The lowest BCUT2D eigenvalue weighted by Crippen LogP contribution is -2.21. The average molecular weight is 426 g/mol. The molecule has 2 N–H and O–H groups in total. The highest BCUT2D eigenvalue weighted by Crippen LogP contribution is 2.44. The highest BCUT2D eigenvalue weighted by Gasteiger charge is 2.33. The normalized spacial score (nSPS) is 19.5. The number of methoxy groups -OCH3 is 1. The smallest absolute Gasteiger partial charge is 0.271 e. The first-order chi connectivity index (χ1) is 14.5. The summed E-state index contributed by atoms with van der Waals surface area (Å²) in [6.07, 6.45) is 1.64. The molecule has 5 rings (SSSR count). The molecule has 0 aliphatic carbocycles. The zero-order valence-corrected chi connectivity index (χ0v) is 17.5. The van der Waals surface area contributed by atoms with Crippen molar-refractivity contribution in [2.24, 2.45) is 4.99 Å². The Bertz CT molecular complexity index is 1270. The van der Waals surface area contributed by atoms with Crippen LogP contribution in [0.1, 0.15) is 42.2 Å². The van der Waals surface area contributed by atoms with E-state index >= 15 is 0 Å². The Kier molecular flexibility index (Phi) is 4.79. The van der Waals surface area contributed by atoms with E-state index in [9.17, 15) is 9.59 Å². The fourth-order valence-corrected chi connectivity index (χ4v) is 5.27. The van der Waals surface area contributed by atoms with Gasteiger partial charge in [-0.25, -0.2) is 4.99 Å². The van der Waals surface area contributed by atoms with Crippen LogP contribution in [0.5, 0.6) is 5.75 Å². The molecule has 9 heteroatoms. The second-order valence-electron chi connectivity index (χ2n) is 7.53. The third kappa shape index (κ3) is 3.18. The first kappa shape index (κ1) is 19.2. The summed E-state index contributed by atoms with van der Waals surface area (Å²) >= 11 is 1.43. The van der Waals surface area contributed by atoms with E-state index in [1.807, 2.05) is 29.8 Å². The third-order valence-corrected chi connectivity index (χ3v) is 6.83. The van der Waals surface area contributed by atoms with Gasteiger partial charge in [-0.3, -0.25) is 19.4 Å². The number of aliphatic imine (C=N–C) groups is 1. The van der Waals surface area contributed by atoms with Crippen LogP contribution in [0.3, 0.4) is 0 Å². The van der Waals surface area contributed by atoms with E-state index < -0.39 is 5.25 Å². The van der Waals surface area contributed by atoms with Crippen molar-refractivity contribution in [2.75, 3.05) is 20.3 Å². The Balaban J connectivity index is 1.64. The average Bonchev–Trinajstić information content (AvgIpc) is 3.09. The molecule has 8 nitrogen and oxygen atoms in total. The molecular formula is C21H22N4O4S. The van der Waals surface area contributed by atoms with Gasteiger partial charge in [0, 0.05) is 24.8 Å². The first-order valence-electron chi connectivity index (χ1n) is 9.90. The molecule has 0 spiro atoms. The van der Waals surface area contributed by atoms with Gasteiger partial charge in [-0.05, 0) is 43.4 Å². The first-order valence-corrected chi connectivity index (χ1v) is 10.8. The second kappa shape index (κ2) is 7.48. The standard InChI is InChI=1S/C21H22N4O4S/c1-11-22-19-17(21(27)24-25(19)13-5-7-29-8-6-13)18(30-11)15-9-12-3-4-14(28-2)10-16(12)23-20(15)26/h3-4,9-10,13,18H,5-8H2,1-2H3,(H,23,26)(H,24,27). The number of nitrogens with zero attached hydrogens (tertiary/aromatic N) is 2. The molecule has 0 radical (unpaired) electrons. The summed E-state index contributed by atoms with van der Waals surface area (Å²) in [5, 5.41) is 4.26. The van der Waals surface area contributed by atoms with Gasteiger partial charge in [-0.15, -0.1) is 0 Å². The minimum Gasteiger partial charge on any atom is -0.497 e. The van der Waals surface area contributed by atoms with Crippen molar-refractivity contribution in [2.45, 2.75) is 31.1 Å². The van der Waals surface area contributed by atoms with Crippen LogP contribution in [-0.4, -0.2) is 40.1 Å². The van der Waals surface area contributed by atoms with Gasteiger partial charge in [0.05, 0.1) is 34.5 Å². The Morgan fingerprint density at radius 2 is 2.00 bits per heavy atom. The van der Waals surface area contributed by atoms with E-state index in [1.165, 1.54) is 11.8 Å². The highest BCUT2D eigenvalue weighted by atomic mass is 32.2. The van der Waals surface area contributed by atoms with Crippen LogP contribution in [0, 0.1) is 0 Å². The zero-order chi connectivity index (χ0) is 20.8. The lowest BCUT2D eigenvalue weighted by atomic mass is 10.0. The molecule has 4 heterocycles. The van der Waals surface area contributed by atoms with Gasteiger partial charge >= 0.3 is 0 Å². The number of nitrogens with one attached hydrogen (secondary N) is 2. The Morgan fingerprint density at radius 3 is 2.77 bits per heavy atom. The number of aromatic nitrogens is 3. The molecule has 1 unspecified atom stereocenters. The summed E-state index contributed by atoms with van der Waals surface area (Å²) in [6.45, 7) is 3.23. The highest BCUT2D eigenvalue weighted by molar-refractivity contribution is 8.14. The second-order valence-corrected chi connectivity index (χ2v) is 8.83. The van der Waals surface area contributed by atoms with Crippen LogP contribution in [0.25, 0.3) is 10.9 Å². The van der Waals surface area contributed by atoms with Gasteiger partial charge in [0.2, 0.25) is 0 Å². The summed E-state index contributed by atoms with van der Waals surface area (Å²) in [6, 6.07) is 7.55. The molecule has 1 atom stereocenters. The van der Waals surface area contributed by atoms with Crippen molar-refractivity contribution in [1.82, 2.24) is 14.8 Å². The van der Waals surface area contributed by atoms with E-state index in [1.54, 1.807) is 13.2 Å². The molecule has 0 saturated carbocycles. The molecule has 1 aromatic carbocycles. The van der Waals surface area contributed by atoms with Gasteiger partial charge in [0.1, 0.15) is 5.75 Å². The predicted molar refractivity (Wildman–Crippen MR) is 117 cm³/mol. The molecule has 0 amide bonds. The maximum Gasteiger partial charge on any atom is 0.271 e. The number of pyridine rings is 1. The van der Waals surface area contributed by atoms with Gasteiger partial charge in [0.25, 0.3) is 11.1 Å². The van der Waals surface area contributed by atoms with Crippen LogP contribution < -0.4 is 15.9 Å². The van der Waals surface area contributed by atoms with Gasteiger partial charge in [-0.1, -0.05) is 11.8 Å². The number of benzene rings is 1. The molecule has 1 fully saturated rings. The quantitative estimate of drug-likeness (QED) is 0.669. The number of H-pyrrole nitrogens is 2. The number of hydrogen-bond acceptors (Lipinski definition) is 6. The van der Waals surface area contributed by atoms with Crippen molar-refractivity contribution in [3.63, 3.8) is 0 Å². The molecule has 3 aromatic rings. The fraction of sp³-hybridized carbons (Fsp3) is 0.381. The zero-order valence-electron chi connectivity index (χ0n) is 16.7. The number of rotatable bonds is 3. The Labute approximate surface area is 176 Å². The Hall–Kier alpha value is -2.78. The van der Waals surface area contributed by atoms with Crippen LogP contribution >= 0.6 is 11.8 Å². The molecular weight excluding hydrogens is 404 g/mol. The van der Waals surface area contributed by atoms with Gasteiger partial charge < -0.3 is 14.5 Å². The lowest BCUT2D eigenvalue weighted by molar-refractivity contribution is 0.0666. The minimum atomic E-state index is -0.419. The van der Waals surface area contributed by atoms with E-state index in [-0.39, 0.29) is 17.2 Å². The fourth-order valence-electron chi connectivity index (χ4n) is 4.15.